The van der Waals surface area contributed by atoms with E-state index < -0.39 is 5.82 Å². The molecule has 0 spiro atoms. The van der Waals surface area contributed by atoms with Gasteiger partial charge in [0, 0.05) is 43.6 Å². The fourth-order valence-corrected chi connectivity index (χ4v) is 2.83. The fraction of sp³-hybridized carbons (Fsp3) is 0.286. The Labute approximate surface area is 131 Å². The van der Waals surface area contributed by atoms with Crippen molar-refractivity contribution in [1.29, 1.82) is 0 Å². The molecule has 1 aromatic heterocycles. The number of aromatic nitrogens is 2. The molecule has 2 rings (SSSR count). The van der Waals surface area contributed by atoms with Gasteiger partial charge in [-0.1, -0.05) is 29.4 Å². The number of carbonyl (C=O) groups is 1. The van der Waals surface area contributed by atoms with Crippen LogP contribution in [0.5, 0.6) is 0 Å². The lowest BCUT2D eigenvalue weighted by atomic mass is 10.2. The molecule has 0 N–H and O–H groups in total. The molecule has 0 saturated heterocycles. The molecule has 0 atom stereocenters. The summed E-state index contributed by atoms with van der Waals surface area (Å²) < 4.78 is 15.5. The molecule has 1 aromatic carbocycles. The third kappa shape index (κ3) is 3.98. The van der Waals surface area contributed by atoms with E-state index in [1.165, 1.54) is 22.7 Å². The molecule has 21 heavy (non-hydrogen) atoms. The van der Waals surface area contributed by atoms with Crippen LogP contribution in [-0.4, -0.2) is 33.2 Å². The van der Waals surface area contributed by atoms with Crippen LogP contribution in [-0.2, 0) is 18.4 Å². The number of hydrogen-bond donors (Lipinski definition) is 0. The second kappa shape index (κ2) is 6.95. The molecule has 7 heteroatoms. The zero-order valence-electron chi connectivity index (χ0n) is 11.7. The van der Waals surface area contributed by atoms with Crippen molar-refractivity contribution >= 4 is 29.3 Å². The molecule has 0 fully saturated rings. The highest BCUT2D eigenvalue weighted by Gasteiger charge is 2.15. The number of rotatable bonds is 5. The second-order valence-electron chi connectivity index (χ2n) is 4.56. The maximum absolute atomic E-state index is 13.7. The summed E-state index contributed by atoms with van der Waals surface area (Å²) in [6.07, 6.45) is 3.49. The SMILES string of the molecule is CN(Cc1c(F)cccc1Cl)C(=O)CSc1nccn1C. The Kier molecular flexibility index (Phi) is 5.25. The predicted octanol–water partition coefficient (Wildman–Crippen LogP) is 2.96. The van der Waals surface area contributed by atoms with Crippen LogP contribution < -0.4 is 0 Å². The minimum atomic E-state index is -0.404. The fourth-order valence-electron chi connectivity index (χ4n) is 1.74. The van der Waals surface area contributed by atoms with Crippen molar-refractivity contribution in [3.05, 3.63) is 47.0 Å². The molecule has 0 bridgehead atoms. The number of carbonyl (C=O) groups excluding carboxylic acids is 1. The lowest BCUT2D eigenvalue weighted by Crippen LogP contribution is -2.28. The third-order valence-corrected chi connectivity index (χ3v) is 4.38. The van der Waals surface area contributed by atoms with Crippen molar-refractivity contribution in [3.8, 4) is 0 Å². The van der Waals surface area contributed by atoms with E-state index in [0.29, 0.717) is 10.6 Å². The van der Waals surface area contributed by atoms with Crippen LogP contribution in [0.1, 0.15) is 5.56 Å². The predicted molar refractivity (Wildman–Crippen MR) is 81.8 cm³/mol. The van der Waals surface area contributed by atoms with E-state index in [4.69, 9.17) is 11.6 Å². The number of thioether (sulfide) groups is 1. The third-order valence-electron chi connectivity index (χ3n) is 2.98. The Hall–Kier alpha value is -1.53. The van der Waals surface area contributed by atoms with Gasteiger partial charge in [0.1, 0.15) is 5.82 Å². The van der Waals surface area contributed by atoms with Gasteiger partial charge in [-0.3, -0.25) is 4.79 Å². The van der Waals surface area contributed by atoms with Crippen molar-refractivity contribution in [2.75, 3.05) is 12.8 Å². The minimum absolute atomic E-state index is 0.109. The smallest absolute Gasteiger partial charge is 0.233 e. The van der Waals surface area contributed by atoms with Gasteiger partial charge in [0.2, 0.25) is 5.91 Å². The highest BCUT2D eigenvalue weighted by atomic mass is 35.5. The highest BCUT2D eigenvalue weighted by molar-refractivity contribution is 7.99. The summed E-state index contributed by atoms with van der Waals surface area (Å²) in [6, 6.07) is 4.49. The lowest BCUT2D eigenvalue weighted by molar-refractivity contribution is -0.127. The molecule has 0 radical (unpaired) electrons. The first kappa shape index (κ1) is 15.9. The van der Waals surface area contributed by atoms with E-state index in [-0.39, 0.29) is 18.2 Å². The van der Waals surface area contributed by atoms with Crippen LogP contribution in [0.3, 0.4) is 0 Å². The van der Waals surface area contributed by atoms with Gasteiger partial charge in [0.15, 0.2) is 5.16 Å². The summed E-state index contributed by atoms with van der Waals surface area (Å²) in [5, 5.41) is 1.09. The molecule has 0 unspecified atom stereocenters. The van der Waals surface area contributed by atoms with Crippen LogP contribution in [0.25, 0.3) is 0 Å². The molecule has 1 amide bonds. The van der Waals surface area contributed by atoms with Crippen molar-refractivity contribution in [2.24, 2.45) is 7.05 Å². The number of benzene rings is 1. The van der Waals surface area contributed by atoms with Gasteiger partial charge in [-0.05, 0) is 12.1 Å². The first-order chi connectivity index (χ1) is 9.99. The van der Waals surface area contributed by atoms with Gasteiger partial charge in [0.05, 0.1) is 5.75 Å². The Morgan fingerprint density at radius 3 is 2.90 bits per heavy atom. The summed E-state index contributed by atoms with van der Waals surface area (Å²) >= 11 is 7.30. The van der Waals surface area contributed by atoms with E-state index >= 15 is 0 Å². The topological polar surface area (TPSA) is 38.1 Å². The van der Waals surface area contributed by atoms with E-state index in [1.54, 1.807) is 25.4 Å². The number of halogens is 2. The van der Waals surface area contributed by atoms with Crippen LogP contribution in [0.15, 0.2) is 35.7 Å². The average Bonchev–Trinajstić information content (AvgIpc) is 2.85. The van der Waals surface area contributed by atoms with Crippen LogP contribution in [0, 0.1) is 5.82 Å². The number of aryl methyl sites for hydroxylation is 1. The quantitative estimate of drug-likeness (QED) is 0.792. The van der Waals surface area contributed by atoms with E-state index in [1.807, 2.05) is 17.8 Å². The summed E-state index contributed by atoms with van der Waals surface area (Å²) in [5.74, 6) is -0.269. The molecule has 4 nitrogen and oxygen atoms in total. The maximum Gasteiger partial charge on any atom is 0.233 e. The Bertz CT molecular complexity index is 627. The zero-order valence-corrected chi connectivity index (χ0v) is 13.3. The normalized spacial score (nSPS) is 10.7. The zero-order chi connectivity index (χ0) is 15.4. The second-order valence-corrected chi connectivity index (χ2v) is 5.91. The lowest BCUT2D eigenvalue weighted by Gasteiger charge is -2.18. The highest BCUT2D eigenvalue weighted by Crippen LogP contribution is 2.21. The van der Waals surface area contributed by atoms with Crippen molar-refractivity contribution in [2.45, 2.75) is 11.7 Å². The van der Waals surface area contributed by atoms with Gasteiger partial charge in [0.25, 0.3) is 0 Å². The van der Waals surface area contributed by atoms with Crippen molar-refractivity contribution < 1.29 is 9.18 Å². The molecule has 0 aliphatic carbocycles. The van der Waals surface area contributed by atoms with Crippen molar-refractivity contribution in [3.63, 3.8) is 0 Å². The van der Waals surface area contributed by atoms with Gasteiger partial charge < -0.3 is 9.47 Å². The van der Waals surface area contributed by atoms with Crippen LogP contribution in [0.4, 0.5) is 4.39 Å². The van der Waals surface area contributed by atoms with Crippen LogP contribution in [0.2, 0.25) is 5.02 Å². The van der Waals surface area contributed by atoms with Crippen LogP contribution >= 0.6 is 23.4 Å². The Balaban J connectivity index is 1.95. The average molecular weight is 328 g/mol. The van der Waals surface area contributed by atoms with Gasteiger partial charge in [-0.15, -0.1) is 0 Å². The van der Waals surface area contributed by atoms with E-state index in [0.717, 1.165) is 5.16 Å². The first-order valence-corrected chi connectivity index (χ1v) is 7.62. The Morgan fingerprint density at radius 1 is 1.52 bits per heavy atom. The van der Waals surface area contributed by atoms with Crippen molar-refractivity contribution in [1.82, 2.24) is 14.5 Å². The Morgan fingerprint density at radius 2 is 2.29 bits per heavy atom. The minimum Gasteiger partial charge on any atom is -0.341 e. The molecule has 0 aliphatic heterocycles. The first-order valence-electron chi connectivity index (χ1n) is 6.26. The number of imidazole rings is 1. The number of nitrogens with zero attached hydrogens (tertiary/aromatic N) is 3. The summed E-state index contributed by atoms with van der Waals surface area (Å²) in [7, 11) is 3.49. The standard InChI is InChI=1S/C14H15ClFN3OS/c1-18-7-6-17-14(18)21-9-13(20)19(2)8-10-11(15)4-3-5-12(10)16/h3-7H,8-9H2,1-2H3. The molecular weight excluding hydrogens is 313 g/mol. The molecule has 2 aromatic rings. The monoisotopic (exact) mass is 327 g/mol. The molecule has 0 saturated carbocycles. The number of hydrogen-bond acceptors (Lipinski definition) is 3. The van der Waals surface area contributed by atoms with Gasteiger partial charge in [-0.2, -0.15) is 0 Å². The van der Waals surface area contributed by atoms with Gasteiger partial charge >= 0.3 is 0 Å². The summed E-state index contributed by atoms with van der Waals surface area (Å²) in [4.78, 5) is 17.7. The van der Waals surface area contributed by atoms with Gasteiger partial charge in [-0.25, -0.2) is 9.37 Å². The summed E-state index contributed by atoms with van der Waals surface area (Å²) in [5.41, 5.74) is 0.331. The van der Waals surface area contributed by atoms with E-state index in [9.17, 15) is 9.18 Å². The number of amides is 1. The molecule has 112 valence electrons. The molecule has 0 aliphatic rings. The maximum atomic E-state index is 13.7. The van der Waals surface area contributed by atoms with E-state index in [2.05, 4.69) is 4.98 Å². The molecular formula is C14H15ClFN3OS. The summed E-state index contributed by atoms with van der Waals surface area (Å²) in [6.45, 7) is 0.144. The molecule has 1 heterocycles. The largest absolute Gasteiger partial charge is 0.341 e.